The van der Waals surface area contributed by atoms with E-state index in [0.717, 1.165) is 43.9 Å². The smallest absolute Gasteiger partial charge is 0.339 e. The highest BCUT2D eigenvalue weighted by Crippen LogP contribution is 2.24. The van der Waals surface area contributed by atoms with Crippen LogP contribution in [0, 0.1) is 0 Å². The Hall–Kier alpha value is -1.85. The van der Waals surface area contributed by atoms with Crippen LogP contribution in [0.3, 0.4) is 0 Å². The fourth-order valence-corrected chi connectivity index (χ4v) is 2.59. The molecule has 3 rings (SSSR count). The van der Waals surface area contributed by atoms with E-state index < -0.39 is 5.97 Å². The molecule has 1 aromatic carbocycles. The maximum atomic E-state index is 11.2. The van der Waals surface area contributed by atoms with Crippen molar-refractivity contribution in [1.82, 2.24) is 9.80 Å². The molecule has 5 heteroatoms. The number of hydrogen-bond acceptors (Lipinski definition) is 4. The summed E-state index contributed by atoms with van der Waals surface area (Å²) < 4.78 is 5.75. The molecular formula is C15H18N2O3. The summed E-state index contributed by atoms with van der Waals surface area (Å²) in [5.74, 6) is -0.116. The first kappa shape index (κ1) is 13.1. The molecule has 0 radical (unpaired) electrons. The Balaban J connectivity index is 1.82. The third-order valence-electron chi connectivity index (χ3n) is 3.80. The zero-order valence-electron chi connectivity index (χ0n) is 11.5. The predicted octanol–water partition coefficient (Wildman–Crippen LogP) is 1.88. The second-order valence-corrected chi connectivity index (χ2v) is 5.32. The molecule has 20 heavy (non-hydrogen) atoms. The average molecular weight is 274 g/mol. The molecule has 1 aliphatic heterocycles. The summed E-state index contributed by atoms with van der Waals surface area (Å²) in [5.41, 5.74) is 0.705. The zero-order chi connectivity index (χ0) is 14.1. The van der Waals surface area contributed by atoms with Crippen molar-refractivity contribution in [1.29, 1.82) is 0 Å². The Kier molecular flexibility index (Phi) is 3.46. The van der Waals surface area contributed by atoms with Gasteiger partial charge in [-0.1, -0.05) is 12.1 Å². The van der Waals surface area contributed by atoms with E-state index in [4.69, 9.17) is 9.52 Å². The lowest BCUT2D eigenvalue weighted by Gasteiger charge is -2.31. The molecule has 2 aromatic rings. The second kappa shape index (κ2) is 5.26. The Morgan fingerprint density at radius 2 is 2.05 bits per heavy atom. The van der Waals surface area contributed by atoms with Crippen LogP contribution in [-0.2, 0) is 6.54 Å². The maximum absolute atomic E-state index is 11.2. The first-order valence-corrected chi connectivity index (χ1v) is 6.79. The number of para-hydroxylation sites is 1. The van der Waals surface area contributed by atoms with Gasteiger partial charge in [-0.05, 0) is 19.2 Å². The molecule has 0 spiro atoms. The van der Waals surface area contributed by atoms with Gasteiger partial charge in [0.2, 0.25) is 0 Å². The van der Waals surface area contributed by atoms with Crippen LogP contribution in [0.4, 0.5) is 0 Å². The van der Waals surface area contributed by atoms with Crippen molar-refractivity contribution in [2.45, 2.75) is 6.54 Å². The summed E-state index contributed by atoms with van der Waals surface area (Å²) in [4.78, 5) is 15.8. The summed E-state index contributed by atoms with van der Waals surface area (Å²) in [7, 11) is 2.12. The summed E-state index contributed by atoms with van der Waals surface area (Å²) in [5, 5.41) is 10.0. The van der Waals surface area contributed by atoms with Crippen molar-refractivity contribution < 1.29 is 14.3 Å². The van der Waals surface area contributed by atoms with Crippen LogP contribution in [0.1, 0.15) is 16.1 Å². The van der Waals surface area contributed by atoms with Crippen molar-refractivity contribution in [3.8, 4) is 0 Å². The Labute approximate surface area is 117 Å². The number of furan rings is 1. The molecule has 1 aromatic heterocycles. The van der Waals surface area contributed by atoms with Gasteiger partial charge in [0.25, 0.3) is 0 Å². The number of likely N-dealkylation sites (N-methyl/N-ethyl adjacent to an activating group) is 1. The molecule has 1 N–H and O–H groups in total. The number of hydrogen-bond donors (Lipinski definition) is 1. The number of carbonyl (C=O) groups is 1. The number of carboxylic acids is 1. The van der Waals surface area contributed by atoms with Crippen molar-refractivity contribution in [2.24, 2.45) is 0 Å². The van der Waals surface area contributed by atoms with Crippen LogP contribution in [0.15, 0.2) is 28.7 Å². The van der Waals surface area contributed by atoms with Crippen LogP contribution in [0.5, 0.6) is 0 Å². The number of benzene rings is 1. The highest BCUT2D eigenvalue weighted by molar-refractivity contribution is 6.01. The highest BCUT2D eigenvalue weighted by Gasteiger charge is 2.17. The monoisotopic (exact) mass is 274 g/mol. The lowest BCUT2D eigenvalue weighted by Crippen LogP contribution is -2.43. The van der Waals surface area contributed by atoms with E-state index in [0.29, 0.717) is 5.58 Å². The molecule has 1 fully saturated rings. The number of fused-ring (bicyclic) bond motifs is 1. The molecule has 2 heterocycles. The topological polar surface area (TPSA) is 56.9 Å². The molecule has 0 aliphatic carbocycles. The van der Waals surface area contributed by atoms with Gasteiger partial charge in [-0.25, -0.2) is 4.79 Å². The molecule has 0 bridgehead atoms. The van der Waals surface area contributed by atoms with Crippen LogP contribution in [0.25, 0.3) is 11.0 Å². The maximum Gasteiger partial charge on any atom is 0.339 e. The second-order valence-electron chi connectivity index (χ2n) is 5.32. The zero-order valence-corrected chi connectivity index (χ0v) is 11.5. The van der Waals surface area contributed by atoms with E-state index in [1.54, 1.807) is 12.1 Å². The van der Waals surface area contributed by atoms with E-state index in [1.165, 1.54) is 0 Å². The van der Waals surface area contributed by atoms with E-state index in [9.17, 15) is 4.79 Å². The fourth-order valence-electron chi connectivity index (χ4n) is 2.59. The largest absolute Gasteiger partial charge is 0.478 e. The van der Waals surface area contributed by atoms with Gasteiger partial charge in [0.15, 0.2) is 0 Å². The van der Waals surface area contributed by atoms with Crippen molar-refractivity contribution in [2.75, 3.05) is 33.2 Å². The van der Waals surface area contributed by atoms with Crippen molar-refractivity contribution >= 4 is 16.9 Å². The molecule has 0 amide bonds. The Bertz CT molecular complexity index is 627. The van der Waals surface area contributed by atoms with Crippen LogP contribution < -0.4 is 0 Å². The molecule has 0 atom stereocenters. The van der Waals surface area contributed by atoms with Gasteiger partial charge in [0, 0.05) is 31.6 Å². The third-order valence-corrected chi connectivity index (χ3v) is 3.80. The number of carboxylic acid groups (broad SMARTS) is 1. The Morgan fingerprint density at radius 3 is 2.75 bits per heavy atom. The molecule has 1 aliphatic rings. The summed E-state index contributed by atoms with van der Waals surface area (Å²) >= 11 is 0. The normalized spacial score (nSPS) is 17.6. The molecule has 0 saturated carbocycles. The summed E-state index contributed by atoms with van der Waals surface area (Å²) in [6.45, 7) is 4.88. The summed E-state index contributed by atoms with van der Waals surface area (Å²) in [6, 6.07) is 7.16. The molecular weight excluding hydrogens is 256 g/mol. The number of aromatic carboxylic acids is 1. The van der Waals surface area contributed by atoms with E-state index in [1.807, 2.05) is 12.1 Å². The van der Waals surface area contributed by atoms with Crippen LogP contribution in [-0.4, -0.2) is 54.1 Å². The van der Waals surface area contributed by atoms with Gasteiger partial charge in [0.1, 0.15) is 16.9 Å². The van der Waals surface area contributed by atoms with Gasteiger partial charge in [-0.2, -0.15) is 0 Å². The molecule has 106 valence electrons. The predicted molar refractivity (Wildman–Crippen MR) is 75.9 cm³/mol. The van der Waals surface area contributed by atoms with Gasteiger partial charge in [0.05, 0.1) is 6.54 Å². The number of nitrogens with zero attached hydrogens (tertiary/aromatic N) is 2. The summed E-state index contributed by atoms with van der Waals surface area (Å²) in [6.07, 6.45) is 0. The van der Waals surface area contributed by atoms with Crippen molar-refractivity contribution in [3.63, 3.8) is 0 Å². The first-order chi connectivity index (χ1) is 9.63. The quantitative estimate of drug-likeness (QED) is 0.926. The van der Waals surface area contributed by atoms with E-state index in [-0.39, 0.29) is 5.56 Å². The Morgan fingerprint density at radius 1 is 1.30 bits per heavy atom. The van der Waals surface area contributed by atoms with Gasteiger partial charge < -0.3 is 14.4 Å². The first-order valence-electron chi connectivity index (χ1n) is 6.79. The lowest BCUT2D eigenvalue weighted by atomic mass is 10.1. The highest BCUT2D eigenvalue weighted by atomic mass is 16.4. The minimum absolute atomic E-state index is 0.229. The SMILES string of the molecule is CN1CCN(Cc2cc3cccc(C(=O)O)c3o2)CC1. The van der Waals surface area contributed by atoms with Crippen LogP contribution >= 0.6 is 0 Å². The minimum atomic E-state index is -0.948. The standard InChI is InChI=1S/C15H18N2O3/c1-16-5-7-17(8-6-16)10-12-9-11-3-2-4-13(15(18)19)14(11)20-12/h2-4,9H,5-8,10H2,1H3,(H,18,19). The minimum Gasteiger partial charge on any atom is -0.478 e. The van der Waals surface area contributed by atoms with Gasteiger partial charge in [-0.3, -0.25) is 4.90 Å². The third kappa shape index (κ3) is 2.55. The fraction of sp³-hybridized carbons (Fsp3) is 0.400. The van der Waals surface area contributed by atoms with E-state index >= 15 is 0 Å². The molecule has 1 saturated heterocycles. The average Bonchev–Trinajstić information content (AvgIpc) is 2.83. The number of piperazine rings is 1. The van der Waals surface area contributed by atoms with Crippen molar-refractivity contribution in [3.05, 3.63) is 35.6 Å². The lowest BCUT2D eigenvalue weighted by molar-refractivity contribution is 0.0697. The van der Waals surface area contributed by atoms with Gasteiger partial charge in [-0.15, -0.1) is 0 Å². The molecule has 0 unspecified atom stereocenters. The van der Waals surface area contributed by atoms with E-state index in [2.05, 4.69) is 16.8 Å². The number of rotatable bonds is 3. The van der Waals surface area contributed by atoms with Gasteiger partial charge >= 0.3 is 5.97 Å². The van der Waals surface area contributed by atoms with Crippen LogP contribution in [0.2, 0.25) is 0 Å². The molecule has 5 nitrogen and oxygen atoms in total.